The molecule has 1 aromatic carbocycles. The number of alkyl halides is 3. The van der Waals surface area contributed by atoms with E-state index in [0.717, 1.165) is 35.0 Å². The summed E-state index contributed by atoms with van der Waals surface area (Å²) >= 11 is 0. The molecular formula is C20H20F3N3O3. The number of carbonyl (C=O) groups excluding carboxylic acids is 2. The van der Waals surface area contributed by atoms with E-state index in [2.05, 4.69) is 5.10 Å². The molecule has 2 atom stereocenters. The van der Waals surface area contributed by atoms with Gasteiger partial charge in [0.1, 0.15) is 5.56 Å². The summed E-state index contributed by atoms with van der Waals surface area (Å²) in [5, 5.41) is 3.55. The zero-order chi connectivity index (χ0) is 20.8. The van der Waals surface area contributed by atoms with Crippen molar-refractivity contribution in [2.75, 3.05) is 13.2 Å². The second kappa shape index (κ2) is 7.20. The first-order valence-corrected chi connectivity index (χ1v) is 9.44. The summed E-state index contributed by atoms with van der Waals surface area (Å²) in [5.41, 5.74) is -0.149. The Labute approximate surface area is 165 Å². The number of piperidine rings is 1. The standard InChI is InChI=1S/C20H20F3N3O3/c1-2-29-19(28)16-11-26(24-17(16)20(21,22)23)9-13-5-3-12(4-6-13)8-25-10-14-7-15(14)18(25)27/h3-6,11,14-15H,2,7-10H2,1H3/t14-,15-/m1/s1. The van der Waals surface area contributed by atoms with Crippen molar-refractivity contribution in [1.82, 2.24) is 14.7 Å². The Morgan fingerprint density at radius 2 is 1.86 bits per heavy atom. The highest BCUT2D eigenvalue weighted by molar-refractivity contribution is 5.90. The number of halogens is 3. The number of amides is 1. The van der Waals surface area contributed by atoms with Gasteiger partial charge in [-0.1, -0.05) is 24.3 Å². The molecule has 1 saturated carbocycles. The van der Waals surface area contributed by atoms with E-state index in [1.54, 1.807) is 12.1 Å². The summed E-state index contributed by atoms with van der Waals surface area (Å²) in [6.45, 7) is 2.92. The van der Waals surface area contributed by atoms with Crippen molar-refractivity contribution < 1.29 is 27.5 Å². The van der Waals surface area contributed by atoms with Crippen LogP contribution in [0.15, 0.2) is 30.5 Å². The Kier molecular flexibility index (Phi) is 4.84. The van der Waals surface area contributed by atoms with Gasteiger partial charge in [0.2, 0.25) is 5.91 Å². The van der Waals surface area contributed by atoms with E-state index in [9.17, 15) is 22.8 Å². The number of ether oxygens (including phenoxy) is 1. The lowest BCUT2D eigenvalue weighted by Crippen LogP contribution is -2.27. The van der Waals surface area contributed by atoms with Crippen molar-refractivity contribution in [1.29, 1.82) is 0 Å². The van der Waals surface area contributed by atoms with Gasteiger partial charge in [0.05, 0.1) is 13.2 Å². The lowest BCUT2D eigenvalue weighted by molar-refractivity contribution is -0.142. The third-order valence-electron chi connectivity index (χ3n) is 5.27. The summed E-state index contributed by atoms with van der Waals surface area (Å²) in [6, 6.07) is 7.28. The summed E-state index contributed by atoms with van der Waals surface area (Å²) in [7, 11) is 0. The van der Waals surface area contributed by atoms with Gasteiger partial charge in [-0.2, -0.15) is 18.3 Å². The highest BCUT2D eigenvalue weighted by atomic mass is 19.4. The zero-order valence-electron chi connectivity index (χ0n) is 15.8. The van der Waals surface area contributed by atoms with Crippen molar-refractivity contribution >= 4 is 11.9 Å². The number of benzene rings is 1. The number of esters is 1. The Morgan fingerprint density at radius 1 is 1.21 bits per heavy atom. The van der Waals surface area contributed by atoms with Crippen LogP contribution in [0, 0.1) is 11.8 Å². The van der Waals surface area contributed by atoms with E-state index in [4.69, 9.17) is 4.74 Å². The molecule has 2 aromatic rings. The van der Waals surface area contributed by atoms with Crippen LogP contribution in [-0.2, 0) is 28.8 Å². The van der Waals surface area contributed by atoms with E-state index in [0.29, 0.717) is 12.5 Å². The number of aromatic nitrogens is 2. The maximum absolute atomic E-state index is 13.2. The van der Waals surface area contributed by atoms with Crippen LogP contribution in [-0.4, -0.2) is 39.7 Å². The van der Waals surface area contributed by atoms with Crippen molar-refractivity contribution in [3.63, 3.8) is 0 Å². The van der Waals surface area contributed by atoms with Crippen molar-refractivity contribution in [3.8, 4) is 0 Å². The maximum atomic E-state index is 13.2. The SMILES string of the molecule is CCOC(=O)c1cn(Cc2ccc(CN3C[C@H]4C[C@H]4C3=O)cc2)nc1C(F)(F)F. The Morgan fingerprint density at radius 3 is 2.41 bits per heavy atom. The van der Waals surface area contributed by atoms with Gasteiger partial charge in [0, 0.05) is 25.2 Å². The predicted molar refractivity (Wildman–Crippen MR) is 95.7 cm³/mol. The lowest BCUT2D eigenvalue weighted by Gasteiger charge is -2.18. The van der Waals surface area contributed by atoms with Crippen LogP contribution in [0.2, 0.25) is 0 Å². The fourth-order valence-corrected chi connectivity index (χ4v) is 3.73. The van der Waals surface area contributed by atoms with Gasteiger partial charge in [0.15, 0.2) is 5.69 Å². The van der Waals surface area contributed by atoms with Gasteiger partial charge < -0.3 is 9.64 Å². The van der Waals surface area contributed by atoms with Gasteiger partial charge in [-0.05, 0) is 30.4 Å². The molecule has 1 aliphatic heterocycles. The number of nitrogens with zero attached hydrogens (tertiary/aromatic N) is 3. The molecular weight excluding hydrogens is 387 g/mol. The average Bonchev–Trinajstić information content (AvgIpc) is 3.18. The molecule has 0 N–H and O–H groups in total. The fourth-order valence-electron chi connectivity index (χ4n) is 3.73. The van der Waals surface area contributed by atoms with Crippen LogP contribution in [0.25, 0.3) is 0 Å². The molecule has 0 spiro atoms. The van der Waals surface area contributed by atoms with E-state index in [-0.39, 0.29) is 25.0 Å². The van der Waals surface area contributed by atoms with E-state index >= 15 is 0 Å². The first kappa shape index (κ1) is 19.5. The van der Waals surface area contributed by atoms with Gasteiger partial charge in [-0.3, -0.25) is 9.48 Å². The number of carbonyl (C=O) groups is 2. The quantitative estimate of drug-likeness (QED) is 0.691. The van der Waals surface area contributed by atoms with Crippen molar-refractivity contribution in [3.05, 3.63) is 52.8 Å². The number of hydrogen-bond donors (Lipinski definition) is 0. The highest BCUT2D eigenvalue weighted by Gasteiger charge is 2.51. The predicted octanol–water partition coefficient (Wildman–Crippen LogP) is 3.11. The number of rotatable bonds is 6. The van der Waals surface area contributed by atoms with E-state index < -0.39 is 23.4 Å². The molecule has 2 fully saturated rings. The molecule has 29 heavy (non-hydrogen) atoms. The topological polar surface area (TPSA) is 64.4 Å². The van der Waals surface area contributed by atoms with Gasteiger partial charge in [-0.25, -0.2) is 4.79 Å². The molecule has 2 aliphatic rings. The molecule has 154 valence electrons. The first-order chi connectivity index (χ1) is 13.8. The Hall–Kier alpha value is -2.84. The molecule has 2 heterocycles. The summed E-state index contributed by atoms with van der Waals surface area (Å²) in [6.07, 6.45) is -2.68. The minimum atomic E-state index is -4.75. The Bertz CT molecular complexity index is 937. The molecule has 4 rings (SSSR count). The minimum Gasteiger partial charge on any atom is -0.462 e. The third-order valence-corrected chi connectivity index (χ3v) is 5.27. The molecule has 1 amide bonds. The van der Waals surface area contributed by atoms with E-state index in [1.165, 1.54) is 6.92 Å². The molecule has 1 aliphatic carbocycles. The summed E-state index contributed by atoms with van der Waals surface area (Å²) < 4.78 is 45.4. The molecule has 1 aromatic heterocycles. The average molecular weight is 407 g/mol. The maximum Gasteiger partial charge on any atom is 0.436 e. The van der Waals surface area contributed by atoms with Crippen LogP contribution >= 0.6 is 0 Å². The fraction of sp³-hybridized carbons (Fsp3) is 0.450. The van der Waals surface area contributed by atoms with Gasteiger partial charge in [-0.15, -0.1) is 0 Å². The molecule has 6 nitrogen and oxygen atoms in total. The molecule has 0 bridgehead atoms. The highest BCUT2D eigenvalue weighted by Crippen LogP contribution is 2.46. The monoisotopic (exact) mass is 407 g/mol. The second-order valence-electron chi connectivity index (χ2n) is 7.44. The minimum absolute atomic E-state index is 0.0240. The first-order valence-electron chi connectivity index (χ1n) is 9.44. The van der Waals surface area contributed by atoms with Crippen LogP contribution < -0.4 is 0 Å². The second-order valence-corrected chi connectivity index (χ2v) is 7.44. The van der Waals surface area contributed by atoms with Crippen LogP contribution in [0.4, 0.5) is 13.2 Å². The van der Waals surface area contributed by atoms with Crippen LogP contribution in [0.1, 0.15) is 40.5 Å². The van der Waals surface area contributed by atoms with Crippen molar-refractivity contribution in [2.24, 2.45) is 11.8 Å². The van der Waals surface area contributed by atoms with Crippen molar-refractivity contribution in [2.45, 2.75) is 32.6 Å². The molecule has 1 saturated heterocycles. The smallest absolute Gasteiger partial charge is 0.436 e. The molecule has 0 unspecified atom stereocenters. The van der Waals surface area contributed by atoms with E-state index in [1.807, 2.05) is 17.0 Å². The summed E-state index contributed by atoms with van der Waals surface area (Å²) in [5.74, 6) is -0.111. The van der Waals surface area contributed by atoms with Gasteiger partial charge >= 0.3 is 12.1 Å². The number of likely N-dealkylation sites (tertiary alicyclic amines) is 1. The zero-order valence-corrected chi connectivity index (χ0v) is 15.8. The number of hydrogen-bond acceptors (Lipinski definition) is 4. The van der Waals surface area contributed by atoms with Crippen LogP contribution in [0.5, 0.6) is 0 Å². The number of fused-ring (bicyclic) bond motifs is 1. The molecule has 9 heteroatoms. The molecule has 0 radical (unpaired) electrons. The summed E-state index contributed by atoms with van der Waals surface area (Å²) in [4.78, 5) is 25.7. The van der Waals surface area contributed by atoms with Crippen LogP contribution in [0.3, 0.4) is 0 Å². The normalized spacial score (nSPS) is 20.7. The third kappa shape index (κ3) is 3.99. The Balaban J connectivity index is 1.46. The van der Waals surface area contributed by atoms with Gasteiger partial charge in [0.25, 0.3) is 0 Å². The largest absolute Gasteiger partial charge is 0.462 e. The lowest BCUT2D eigenvalue weighted by atomic mass is 10.1.